The Labute approximate surface area is 333 Å². The van der Waals surface area contributed by atoms with E-state index in [9.17, 15) is 0 Å². The fourth-order valence-electron chi connectivity index (χ4n) is 9.97. The fourth-order valence-corrected chi connectivity index (χ4v) is 9.97. The van der Waals surface area contributed by atoms with Gasteiger partial charge in [0.15, 0.2) is 0 Å². The molecule has 4 heteroatoms. The van der Waals surface area contributed by atoms with Crippen LogP contribution in [0.25, 0.3) is 115 Å². The van der Waals surface area contributed by atoms with E-state index in [1.807, 2.05) is 0 Å². The van der Waals surface area contributed by atoms with Gasteiger partial charge >= 0.3 is 0 Å². The van der Waals surface area contributed by atoms with Gasteiger partial charge in [-0.3, -0.25) is 0 Å². The van der Waals surface area contributed by atoms with Crippen molar-refractivity contribution in [2.45, 2.75) is 0 Å². The molecule has 0 aliphatic heterocycles. The van der Waals surface area contributed by atoms with Crippen LogP contribution in [0.15, 0.2) is 200 Å². The summed E-state index contributed by atoms with van der Waals surface area (Å²) in [5, 5.41) is 9.92. The van der Waals surface area contributed by atoms with Crippen molar-refractivity contribution in [1.82, 2.24) is 18.7 Å². The third-order valence-electron chi connectivity index (χ3n) is 12.3. The van der Waals surface area contributed by atoms with Crippen molar-refractivity contribution in [3.8, 4) is 28.2 Å². The molecule has 0 aliphatic rings. The first-order chi connectivity index (χ1) is 28.8. The summed E-state index contributed by atoms with van der Waals surface area (Å²) in [5.41, 5.74) is 15.1. The van der Waals surface area contributed by atoms with Crippen LogP contribution in [-0.4, -0.2) is 18.7 Å². The van der Waals surface area contributed by atoms with Crippen molar-refractivity contribution in [3.63, 3.8) is 0 Å². The van der Waals surface area contributed by atoms with Crippen LogP contribution in [0.5, 0.6) is 0 Å². The molecule has 13 aromatic rings. The number of nitrogens with zero attached hydrogens (tertiary/aromatic N) is 3. The van der Waals surface area contributed by atoms with Crippen LogP contribution < -0.4 is 0 Å². The lowest BCUT2D eigenvalue weighted by Gasteiger charge is -2.16. The van der Waals surface area contributed by atoms with Gasteiger partial charge < -0.3 is 18.7 Å². The van der Waals surface area contributed by atoms with E-state index in [0.29, 0.717) is 0 Å². The Bertz CT molecular complexity index is 3700. The first-order valence-electron chi connectivity index (χ1n) is 19.9. The van der Waals surface area contributed by atoms with Gasteiger partial charge in [-0.2, -0.15) is 0 Å². The Morgan fingerprint density at radius 1 is 0.310 bits per heavy atom. The zero-order valence-corrected chi connectivity index (χ0v) is 31.4. The van der Waals surface area contributed by atoms with Gasteiger partial charge in [0.2, 0.25) is 0 Å². The average molecular weight is 739 g/mol. The molecule has 4 heterocycles. The maximum Gasteiger partial charge on any atom is 0.0562 e. The van der Waals surface area contributed by atoms with Crippen LogP contribution in [0.3, 0.4) is 0 Å². The summed E-state index contributed by atoms with van der Waals surface area (Å²) in [6.07, 6.45) is 0. The number of aromatic nitrogens is 4. The molecule has 0 aliphatic carbocycles. The van der Waals surface area contributed by atoms with Crippen molar-refractivity contribution in [3.05, 3.63) is 200 Å². The fraction of sp³-hybridized carbons (Fsp3) is 0. The minimum Gasteiger partial charge on any atom is -0.354 e. The highest BCUT2D eigenvalue weighted by molar-refractivity contribution is 6.17. The molecule has 0 saturated heterocycles. The Morgan fingerprint density at radius 2 is 0.741 bits per heavy atom. The minimum absolute atomic E-state index is 1.10. The Morgan fingerprint density at radius 3 is 1.34 bits per heavy atom. The van der Waals surface area contributed by atoms with Crippen LogP contribution in [0.4, 0.5) is 0 Å². The lowest BCUT2D eigenvalue weighted by atomic mass is 10.0. The third-order valence-corrected chi connectivity index (χ3v) is 12.3. The number of nitrogens with one attached hydrogen (secondary N) is 1. The standard InChI is InChI=1S/C54H34N4/c1-7-23-45-38(15-1)43-22-13-21-37(54(43)55-45)34-31-35(56-46-24-8-2-16-39(46)40-17-3-9-25-47(40)56)33-36(32-34)57-50-28-12-6-20-44(50)53-51(57)29-14-30-52(53)58-48-26-10-4-18-41(48)42-19-5-11-27-49(42)58/h1-33,55H. The monoisotopic (exact) mass is 738 g/mol. The largest absolute Gasteiger partial charge is 0.354 e. The summed E-state index contributed by atoms with van der Waals surface area (Å²) in [6.45, 7) is 0. The van der Waals surface area contributed by atoms with Crippen LogP contribution in [0, 0.1) is 0 Å². The molecule has 0 bridgehead atoms. The minimum atomic E-state index is 1.10. The summed E-state index contributed by atoms with van der Waals surface area (Å²) < 4.78 is 7.38. The molecule has 0 unspecified atom stereocenters. The van der Waals surface area contributed by atoms with Crippen molar-refractivity contribution < 1.29 is 0 Å². The highest BCUT2D eigenvalue weighted by atomic mass is 15.0. The second kappa shape index (κ2) is 11.8. The number of para-hydroxylation sites is 7. The molecule has 0 spiro atoms. The normalized spacial score (nSPS) is 12.1. The highest BCUT2D eigenvalue weighted by Gasteiger charge is 2.22. The van der Waals surface area contributed by atoms with E-state index < -0.39 is 0 Å². The maximum absolute atomic E-state index is 3.81. The lowest BCUT2D eigenvalue weighted by Crippen LogP contribution is -2.00. The smallest absolute Gasteiger partial charge is 0.0562 e. The zero-order chi connectivity index (χ0) is 37.9. The second-order valence-corrected chi connectivity index (χ2v) is 15.4. The highest BCUT2D eigenvalue weighted by Crippen LogP contribution is 2.42. The summed E-state index contributed by atoms with van der Waals surface area (Å²) in [4.78, 5) is 3.81. The molecule has 0 amide bonds. The molecule has 1 N–H and O–H groups in total. The van der Waals surface area contributed by atoms with E-state index in [-0.39, 0.29) is 0 Å². The first-order valence-corrected chi connectivity index (χ1v) is 19.9. The number of benzene rings is 9. The SMILES string of the molecule is c1ccc2c(c1)[nH]c1c(-c3cc(-n4c5ccccc5c5ccccc54)cc(-n4c5ccccc5c5c(-n6c7ccccc7c7ccccc76)cccc54)c3)cccc12. The summed E-state index contributed by atoms with van der Waals surface area (Å²) in [7, 11) is 0. The molecule has 4 nitrogen and oxygen atoms in total. The van der Waals surface area contributed by atoms with Gasteiger partial charge in [0.05, 0.1) is 44.3 Å². The topological polar surface area (TPSA) is 30.6 Å². The van der Waals surface area contributed by atoms with Crippen molar-refractivity contribution >= 4 is 87.2 Å². The molecular weight excluding hydrogens is 705 g/mol. The van der Waals surface area contributed by atoms with Crippen LogP contribution in [0.2, 0.25) is 0 Å². The maximum atomic E-state index is 3.81. The predicted molar refractivity (Wildman–Crippen MR) is 244 cm³/mol. The Hall–Kier alpha value is -7.82. The van der Waals surface area contributed by atoms with E-state index in [2.05, 4.69) is 219 Å². The number of H-pyrrole nitrogens is 1. The van der Waals surface area contributed by atoms with Crippen molar-refractivity contribution in [2.24, 2.45) is 0 Å². The van der Waals surface area contributed by atoms with E-state index in [1.54, 1.807) is 0 Å². The quantitative estimate of drug-likeness (QED) is 0.186. The zero-order valence-electron chi connectivity index (χ0n) is 31.4. The summed E-state index contributed by atoms with van der Waals surface area (Å²) in [5.74, 6) is 0. The molecule has 0 fully saturated rings. The predicted octanol–water partition coefficient (Wildman–Crippen LogP) is 14.3. The van der Waals surface area contributed by atoms with Gasteiger partial charge in [-0.15, -0.1) is 0 Å². The number of hydrogen-bond acceptors (Lipinski definition) is 0. The molecule has 0 saturated carbocycles. The number of rotatable bonds is 4. The van der Waals surface area contributed by atoms with Gasteiger partial charge in [0.1, 0.15) is 0 Å². The molecule has 4 aromatic heterocycles. The molecule has 270 valence electrons. The van der Waals surface area contributed by atoms with Crippen LogP contribution >= 0.6 is 0 Å². The lowest BCUT2D eigenvalue weighted by molar-refractivity contribution is 1.13. The van der Waals surface area contributed by atoms with Gasteiger partial charge in [-0.05, 0) is 72.3 Å². The molecule has 9 aromatic carbocycles. The number of fused-ring (bicyclic) bond motifs is 12. The molecule has 13 rings (SSSR count). The number of hydrogen-bond donors (Lipinski definition) is 1. The Kier molecular flexibility index (Phi) is 6.41. The van der Waals surface area contributed by atoms with Gasteiger partial charge in [0.25, 0.3) is 0 Å². The second-order valence-electron chi connectivity index (χ2n) is 15.4. The van der Waals surface area contributed by atoms with E-state index >= 15 is 0 Å². The molecule has 0 radical (unpaired) electrons. The van der Waals surface area contributed by atoms with Crippen molar-refractivity contribution in [2.75, 3.05) is 0 Å². The van der Waals surface area contributed by atoms with E-state index in [1.165, 1.54) is 81.9 Å². The van der Waals surface area contributed by atoms with Gasteiger partial charge in [-0.25, -0.2) is 0 Å². The molecular formula is C54H34N4. The summed E-state index contributed by atoms with van der Waals surface area (Å²) in [6, 6.07) is 73.3. The number of aromatic amines is 1. The van der Waals surface area contributed by atoms with Gasteiger partial charge in [-0.1, -0.05) is 133 Å². The average Bonchev–Trinajstić information content (AvgIpc) is 4.03. The van der Waals surface area contributed by atoms with Crippen LogP contribution in [0.1, 0.15) is 0 Å². The summed E-state index contributed by atoms with van der Waals surface area (Å²) >= 11 is 0. The van der Waals surface area contributed by atoms with E-state index in [0.717, 1.165) is 33.5 Å². The van der Waals surface area contributed by atoms with Gasteiger partial charge in [0, 0.05) is 65.5 Å². The Balaban J connectivity index is 1.16. The van der Waals surface area contributed by atoms with Crippen molar-refractivity contribution in [1.29, 1.82) is 0 Å². The first kappa shape index (κ1) is 31.4. The van der Waals surface area contributed by atoms with E-state index in [4.69, 9.17) is 0 Å². The molecule has 0 atom stereocenters. The molecule has 58 heavy (non-hydrogen) atoms. The third kappa shape index (κ3) is 4.29. The van der Waals surface area contributed by atoms with Crippen LogP contribution in [-0.2, 0) is 0 Å².